The highest BCUT2D eigenvalue weighted by molar-refractivity contribution is 5.94. The first-order valence-corrected chi connectivity index (χ1v) is 9.46. The van der Waals surface area contributed by atoms with Crippen molar-refractivity contribution in [2.24, 2.45) is 0 Å². The van der Waals surface area contributed by atoms with E-state index in [0.29, 0.717) is 11.5 Å². The first-order valence-electron chi connectivity index (χ1n) is 9.46. The summed E-state index contributed by atoms with van der Waals surface area (Å²) in [4.78, 5) is 36.0. The molecule has 0 saturated carbocycles. The van der Waals surface area contributed by atoms with Gasteiger partial charge in [-0.2, -0.15) is 0 Å². The monoisotopic (exact) mass is 418 g/mol. The summed E-state index contributed by atoms with van der Waals surface area (Å²) < 4.78 is 20.9. The number of ether oxygens (including phenoxy) is 4. The average molecular weight is 418 g/mol. The fourth-order valence-electron chi connectivity index (χ4n) is 2.82. The molecule has 0 spiro atoms. The highest BCUT2D eigenvalue weighted by Crippen LogP contribution is 2.28. The van der Waals surface area contributed by atoms with Crippen LogP contribution in [0.5, 0.6) is 11.5 Å². The molecule has 1 aliphatic rings. The Bertz CT molecular complexity index is 861. The van der Waals surface area contributed by atoms with Crippen LogP contribution in [0.25, 0.3) is 6.08 Å². The van der Waals surface area contributed by atoms with E-state index in [0.717, 1.165) is 5.56 Å². The summed E-state index contributed by atoms with van der Waals surface area (Å²) in [6.45, 7) is 4.72. The Morgan fingerprint density at radius 2 is 1.97 bits per heavy atom. The zero-order chi connectivity index (χ0) is 22.1. The van der Waals surface area contributed by atoms with Gasteiger partial charge in [0.15, 0.2) is 18.1 Å². The van der Waals surface area contributed by atoms with Crippen molar-refractivity contribution in [3.63, 3.8) is 0 Å². The molecule has 1 heterocycles. The molecule has 1 aromatic carbocycles. The lowest BCUT2D eigenvalue weighted by molar-refractivity contribution is -0.145. The first kappa shape index (κ1) is 22.8. The largest absolute Gasteiger partial charge is 0.493 e. The van der Waals surface area contributed by atoms with E-state index in [1.54, 1.807) is 26.0 Å². The molecule has 9 heteroatoms. The lowest BCUT2D eigenvalue weighted by Crippen LogP contribution is -2.50. The zero-order valence-corrected chi connectivity index (χ0v) is 17.4. The van der Waals surface area contributed by atoms with E-state index in [2.05, 4.69) is 10.6 Å². The maximum atomic E-state index is 12.2. The number of carbonyl (C=O) groups excluding carboxylic acids is 3. The predicted octanol–water partition coefficient (Wildman–Crippen LogP) is 2.17. The van der Waals surface area contributed by atoms with Gasteiger partial charge in [-0.25, -0.2) is 14.4 Å². The second kappa shape index (κ2) is 10.9. The highest BCUT2D eigenvalue weighted by Gasteiger charge is 2.30. The zero-order valence-electron chi connectivity index (χ0n) is 17.4. The van der Waals surface area contributed by atoms with Crippen LogP contribution in [0.3, 0.4) is 0 Å². The highest BCUT2D eigenvalue weighted by atomic mass is 16.6. The summed E-state index contributed by atoms with van der Waals surface area (Å²) in [6.07, 6.45) is 3.80. The Kier molecular flexibility index (Phi) is 8.28. The molecular weight excluding hydrogens is 392 g/mol. The third-order valence-corrected chi connectivity index (χ3v) is 4.14. The quantitative estimate of drug-likeness (QED) is 0.591. The molecule has 1 atom stereocenters. The molecule has 0 bridgehead atoms. The van der Waals surface area contributed by atoms with Crippen LogP contribution < -0.4 is 20.1 Å². The van der Waals surface area contributed by atoms with Crippen molar-refractivity contribution in [1.29, 1.82) is 0 Å². The molecule has 0 unspecified atom stereocenters. The van der Waals surface area contributed by atoms with Crippen molar-refractivity contribution < 1.29 is 33.3 Å². The summed E-state index contributed by atoms with van der Waals surface area (Å²) in [5.41, 5.74) is 1.30. The van der Waals surface area contributed by atoms with Crippen LogP contribution in [0.2, 0.25) is 0 Å². The Morgan fingerprint density at radius 3 is 2.63 bits per heavy atom. The molecular formula is C21H26N2O7. The number of benzene rings is 1. The van der Waals surface area contributed by atoms with Crippen LogP contribution in [-0.2, 0) is 19.1 Å². The molecule has 0 aliphatic carbocycles. The van der Waals surface area contributed by atoms with Gasteiger partial charge in [0.25, 0.3) is 0 Å². The molecule has 2 N–H and O–H groups in total. The Hall–Kier alpha value is -3.49. The van der Waals surface area contributed by atoms with Gasteiger partial charge in [0.05, 0.1) is 31.0 Å². The van der Waals surface area contributed by atoms with Crippen LogP contribution in [-0.4, -0.2) is 50.9 Å². The van der Waals surface area contributed by atoms with E-state index in [-0.39, 0.29) is 31.1 Å². The Morgan fingerprint density at radius 1 is 1.20 bits per heavy atom. The SMILES string of the molecule is C/C=C\c1ccc(OCC(=O)OCC2=C(C(=O)OCC)[C@H](C)NC(=O)N2)c(OC)c1. The first-order chi connectivity index (χ1) is 14.4. The van der Waals surface area contributed by atoms with Gasteiger partial charge in [0, 0.05) is 0 Å². The third kappa shape index (κ3) is 6.00. The summed E-state index contributed by atoms with van der Waals surface area (Å²) in [7, 11) is 1.50. The van der Waals surface area contributed by atoms with Crippen molar-refractivity contribution in [3.8, 4) is 11.5 Å². The van der Waals surface area contributed by atoms with Crippen LogP contribution in [0, 0.1) is 0 Å². The maximum absolute atomic E-state index is 12.2. The van der Waals surface area contributed by atoms with Crippen molar-refractivity contribution in [2.75, 3.05) is 26.9 Å². The van der Waals surface area contributed by atoms with E-state index in [4.69, 9.17) is 18.9 Å². The molecule has 0 saturated heterocycles. The lowest BCUT2D eigenvalue weighted by Gasteiger charge is -2.26. The van der Waals surface area contributed by atoms with Gasteiger partial charge in [0.1, 0.15) is 6.61 Å². The van der Waals surface area contributed by atoms with Crippen LogP contribution >= 0.6 is 0 Å². The molecule has 0 radical (unpaired) electrons. The minimum Gasteiger partial charge on any atom is -0.493 e. The average Bonchev–Trinajstić information content (AvgIpc) is 2.71. The predicted molar refractivity (Wildman–Crippen MR) is 109 cm³/mol. The van der Waals surface area contributed by atoms with Gasteiger partial charge in [-0.05, 0) is 38.5 Å². The van der Waals surface area contributed by atoms with Gasteiger partial charge >= 0.3 is 18.0 Å². The minimum absolute atomic E-state index is 0.173. The summed E-state index contributed by atoms with van der Waals surface area (Å²) in [5, 5.41) is 5.05. The third-order valence-electron chi connectivity index (χ3n) is 4.14. The number of hydrogen-bond acceptors (Lipinski definition) is 7. The van der Waals surface area contributed by atoms with E-state index in [9.17, 15) is 14.4 Å². The fraction of sp³-hybridized carbons (Fsp3) is 0.381. The van der Waals surface area contributed by atoms with Crippen molar-refractivity contribution >= 4 is 24.0 Å². The number of rotatable bonds is 9. The molecule has 0 fully saturated rings. The van der Waals surface area contributed by atoms with Crippen LogP contribution in [0.1, 0.15) is 26.3 Å². The van der Waals surface area contributed by atoms with Crippen molar-refractivity contribution in [2.45, 2.75) is 26.8 Å². The maximum Gasteiger partial charge on any atom is 0.344 e. The summed E-state index contributed by atoms with van der Waals surface area (Å²) in [6, 6.07) is 4.22. The number of hydrogen-bond donors (Lipinski definition) is 2. The summed E-state index contributed by atoms with van der Waals surface area (Å²) >= 11 is 0. The van der Waals surface area contributed by atoms with Gasteiger partial charge < -0.3 is 29.6 Å². The van der Waals surface area contributed by atoms with Gasteiger partial charge in [-0.15, -0.1) is 0 Å². The second-order valence-electron chi connectivity index (χ2n) is 6.29. The smallest absolute Gasteiger partial charge is 0.344 e. The van der Waals surface area contributed by atoms with Crippen LogP contribution in [0.4, 0.5) is 4.79 Å². The molecule has 1 aromatic rings. The normalized spacial score (nSPS) is 16.0. The molecule has 162 valence electrons. The fourth-order valence-corrected chi connectivity index (χ4v) is 2.82. The number of methoxy groups -OCH3 is 1. The standard InChI is InChI=1S/C21H26N2O7/c1-5-7-14-8-9-16(17(10-14)27-4)29-12-18(24)30-11-15-19(20(25)28-6-2)13(3)22-21(26)23-15/h5,7-10,13H,6,11-12H2,1-4H3,(H2,22,23,26)/b7-5-/t13-/m0/s1. The molecule has 2 amide bonds. The molecule has 30 heavy (non-hydrogen) atoms. The summed E-state index contributed by atoms with van der Waals surface area (Å²) in [5.74, 6) is -0.403. The van der Waals surface area contributed by atoms with Gasteiger partial charge in [-0.3, -0.25) is 0 Å². The van der Waals surface area contributed by atoms with Gasteiger partial charge in [0.2, 0.25) is 0 Å². The number of urea groups is 1. The molecule has 9 nitrogen and oxygen atoms in total. The molecule has 1 aliphatic heterocycles. The number of nitrogens with one attached hydrogen (secondary N) is 2. The topological polar surface area (TPSA) is 112 Å². The lowest BCUT2D eigenvalue weighted by atomic mass is 10.0. The number of esters is 2. The van der Waals surface area contributed by atoms with Crippen LogP contribution in [0.15, 0.2) is 35.5 Å². The number of allylic oxidation sites excluding steroid dienone is 1. The number of amides is 2. The van der Waals surface area contributed by atoms with Crippen molar-refractivity contribution in [1.82, 2.24) is 10.6 Å². The minimum atomic E-state index is -0.675. The van der Waals surface area contributed by atoms with E-state index >= 15 is 0 Å². The number of carbonyl (C=O) groups is 3. The van der Waals surface area contributed by atoms with E-state index < -0.39 is 24.0 Å². The van der Waals surface area contributed by atoms with E-state index in [1.807, 2.05) is 25.1 Å². The van der Waals surface area contributed by atoms with E-state index in [1.165, 1.54) is 7.11 Å². The Balaban J connectivity index is 2.01. The second-order valence-corrected chi connectivity index (χ2v) is 6.29. The molecule has 0 aromatic heterocycles. The Labute approximate surface area is 175 Å². The van der Waals surface area contributed by atoms with Gasteiger partial charge in [-0.1, -0.05) is 18.2 Å². The molecule has 2 rings (SSSR count). The van der Waals surface area contributed by atoms with Crippen molar-refractivity contribution in [3.05, 3.63) is 41.1 Å².